The Labute approximate surface area is 119 Å². The van der Waals surface area contributed by atoms with E-state index in [-0.39, 0.29) is 17.3 Å². The van der Waals surface area contributed by atoms with E-state index in [4.69, 9.17) is 14.6 Å². The van der Waals surface area contributed by atoms with Crippen LogP contribution in [0.3, 0.4) is 0 Å². The second kappa shape index (κ2) is 6.43. The van der Waals surface area contributed by atoms with Gasteiger partial charge < -0.3 is 14.6 Å². The molecule has 0 spiro atoms. The van der Waals surface area contributed by atoms with E-state index >= 15 is 0 Å². The zero-order valence-corrected chi connectivity index (χ0v) is 13.0. The molecule has 0 bridgehead atoms. The summed E-state index contributed by atoms with van der Waals surface area (Å²) < 4.78 is 37.6. The van der Waals surface area contributed by atoms with Crippen LogP contribution in [0.15, 0.2) is 23.1 Å². The van der Waals surface area contributed by atoms with Crippen LogP contribution in [-0.2, 0) is 10.0 Å². The van der Waals surface area contributed by atoms with Crippen molar-refractivity contribution < 1.29 is 23.0 Å². The highest BCUT2D eigenvalue weighted by molar-refractivity contribution is 7.89. The summed E-state index contributed by atoms with van der Waals surface area (Å²) in [6.07, 6.45) is 0.304. The van der Waals surface area contributed by atoms with Gasteiger partial charge in [-0.1, -0.05) is 0 Å². The molecule has 20 heavy (non-hydrogen) atoms. The maximum Gasteiger partial charge on any atom is 0.244 e. The molecule has 0 saturated heterocycles. The molecule has 0 fully saturated rings. The van der Waals surface area contributed by atoms with Crippen molar-refractivity contribution in [3.63, 3.8) is 0 Å². The van der Waals surface area contributed by atoms with Crippen LogP contribution >= 0.6 is 0 Å². The molecule has 6 nitrogen and oxygen atoms in total. The van der Waals surface area contributed by atoms with Gasteiger partial charge in [-0.05, 0) is 32.4 Å². The Morgan fingerprint density at radius 2 is 1.90 bits per heavy atom. The molecule has 2 N–H and O–H groups in total. The minimum absolute atomic E-state index is 0.00497. The summed E-state index contributed by atoms with van der Waals surface area (Å²) in [6.45, 7) is 3.30. The molecule has 0 unspecified atom stereocenters. The Kier molecular flexibility index (Phi) is 5.38. The van der Waals surface area contributed by atoms with Crippen molar-refractivity contribution in [2.24, 2.45) is 0 Å². The van der Waals surface area contributed by atoms with E-state index in [0.717, 1.165) is 0 Å². The zero-order valence-electron chi connectivity index (χ0n) is 12.1. The molecule has 1 aromatic carbocycles. The van der Waals surface area contributed by atoms with E-state index in [1.807, 2.05) is 0 Å². The third-order valence-electron chi connectivity index (χ3n) is 2.81. The largest absolute Gasteiger partial charge is 0.497 e. The third-order valence-corrected chi connectivity index (χ3v) is 4.53. The molecule has 0 aliphatic carbocycles. The number of rotatable bonds is 7. The summed E-state index contributed by atoms with van der Waals surface area (Å²) in [5, 5.41) is 8.97. The highest BCUT2D eigenvalue weighted by Crippen LogP contribution is 2.29. The minimum atomic E-state index is -3.78. The normalized spacial score (nSPS) is 12.2. The third kappa shape index (κ3) is 4.09. The topological polar surface area (TPSA) is 84.9 Å². The van der Waals surface area contributed by atoms with Crippen LogP contribution in [0.1, 0.15) is 20.3 Å². The summed E-state index contributed by atoms with van der Waals surface area (Å²) in [5.74, 6) is 0.657. The van der Waals surface area contributed by atoms with Gasteiger partial charge in [0.05, 0.1) is 14.2 Å². The zero-order chi connectivity index (χ0) is 15.4. The van der Waals surface area contributed by atoms with Crippen molar-refractivity contribution in [3.8, 4) is 11.5 Å². The summed E-state index contributed by atoms with van der Waals surface area (Å²) in [5.41, 5.74) is -0.762. The SMILES string of the molecule is COc1ccc(OC)c(S(=O)(=O)NC(C)(C)CCO)c1. The lowest BCUT2D eigenvalue weighted by Crippen LogP contribution is -2.44. The fraction of sp³-hybridized carbons (Fsp3) is 0.538. The van der Waals surface area contributed by atoms with Crippen LogP contribution in [0.5, 0.6) is 11.5 Å². The number of benzene rings is 1. The van der Waals surface area contributed by atoms with Crippen molar-refractivity contribution in [2.45, 2.75) is 30.7 Å². The minimum Gasteiger partial charge on any atom is -0.497 e. The Morgan fingerprint density at radius 1 is 1.25 bits per heavy atom. The molecule has 0 atom stereocenters. The fourth-order valence-corrected chi connectivity index (χ4v) is 3.37. The van der Waals surface area contributed by atoms with Crippen LogP contribution in [0, 0.1) is 0 Å². The summed E-state index contributed by atoms with van der Waals surface area (Å²) in [4.78, 5) is 0.00497. The molecule has 0 saturated carbocycles. The number of hydrogen-bond acceptors (Lipinski definition) is 5. The Bertz CT molecular complexity index is 554. The predicted molar refractivity (Wildman–Crippen MR) is 75.6 cm³/mol. The van der Waals surface area contributed by atoms with Crippen LogP contribution in [0.25, 0.3) is 0 Å². The second-order valence-electron chi connectivity index (χ2n) is 4.98. The van der Waals surface area contributed by atoms with E-state index in [1.165, 1.54) is 26.4 Å². The summed E-state index contributed by atoms with van der Waals surface area (Å²) in [7, 11) is -0.919. The lowest BCUT2D eigenvalue weighted by Gasteiger charge is -2.25. The van der Waals surface area contributed by atoms with Gasteiger partial charge in [0.1, 0.15) is 16.4 Å². The number of ether oxygens (including phenoxy) is 2. The molecular weight excluding hydrogens is 282 g/mol. The highest BCUT2D eigenvalue weighted by Gasteiger charge is 2.28. The van der Waals surface area contributed by atoms with Gasteiger partial charge in [-0.2, -0.15) is 0 Å². The molecule has 0 aromatic heterocycles. The van der Waals surface area contributed by atoms with Crippen molar-refractivity contribution in [1.82, 2.24) is 4.72 Å². The van der Waals surface area contributed by atoms with E-state index in [2.05, 4.69) is 4.72 Å². The van der Waals surface area contributed by atoms with Gasteiger partial charge >= 0.3 is 0 Å². The molecule has 0 radical (unpaired) electrons. The van der Waals surface area contributed by atoms with Crippen molar-refractivity contribution in [2.75, 3.05) is 20.8 Å². The van der Waals surface area contributed by atoms with Gasteiger partial charge in [-0.3, -0.25) is 0 Å². The van der Waals surface area contributed by atoms with Crippen molar-refractivity contribution in [3.05, 3.63) is 18.2 Å². The fourth-order valence-electron chi connectivity index (χ4n) is 1.74. The standard InChI is InChI=1S/C13H21NO5S/c1-13(2,7-8-15)14-20(16,17)12-9-10(18-3)5-6-11(12)19-4/h5-6,9,14-15H,7-8H2,1-4H3. The molecule has 0 aliphatic heterocycles. The maximum absolute atomic E-state index is 12.4. The smallest absolute Gasteiger partial charge is 0.244 e. The molecule has 1 rings (SSSR count). The summed E-state index contributed by atoms with van der Waals surface area (Å²) >= 11 is 0. The first-order chi connectivity index (χ1) is 9.25. The van der Waals surface area contributed by atoms with Crippen LogP contribution < -0.4 is 14.2 Å². The molecule has 0 aliphatic rings. The van der Waals surface area contributed by atoms with Crippen molar-refractivity contribution >= 4 is 10.0 Å². The first-order valence-electron chi connectivity index (χ1n) is 6.12. The Balaban J connectivity index is 3.20. The molecule has 0 amide bonds. The number of aliphatic hydroxyl groups excluding tert-OH is 1. The average molecular weight is 303 g/mol. The number of nitrogens with one attached hydrogen (secondary N) is 1. The van der Waals surface area contributed by atoms with Crippen molar-refractivity contribution in [1.29, 1.82) is 0 Å². The number of methoxy groups -OCH3 is 2. The molecule has 114 valence electrons. The van der Waals surface area contributed by atoms with Crippen LogP contribution in [0.4, 0.5) is 0 Å². The van der Waals surface area contributed by atoms with E-state index < -0.39 is 15.6 Å². The predicted octanol–water partition coefficient (Wildman–Crippen LogP) is 1.14. The van der Waals surface area contributed by atoms with E-state index in [0.29, 0.717) is 12.2 Å². The van der Waals surface area contributed by atoms with Gasteiger partial charge in [0.15, 0.2) is 0 Å². The Hall–Kier alpha value is -1.31. The van der Waals surface area contributed by atoms with Gasteiger partial charge in [0.2, 0.25) is 10.0 Å². The maximum atomic E-state index is 12.4. The molecule has 7 heteroatoms. The van der Waals surface area contributed by atoms with E-state index in [1.54, 1.807) is 19.9 Å². The second-order valence-corrected chi connectivity index (χ2v) is 6.63. The Morgan fingerprint density at radius 3 is 2.40 bits per heavy atom. The lowest BCUT2D eigenvalue weighted by atomic mass is 10.0. The number of sulfonamides is 1. The first-order valence-corrected chi connectivity index (χ1v) is 7.61. The lowest BCUT2D eigenvalue weighted by molar-refractivity contribution is 0.245. The van der Waals surface area contributed by atoms with Gasteiger partial charge in [0.25, 0.3) is 0 Å². The monoisotopic (exact) mass is 303 g/mol. The van der Waals surface area contributed by atoms with Gasteiger partial charge in [-0.25, -0.2) is 13.1 Å². The molecular formula is C13H21NO5S. The molecule has 1 aromatic rings. The van der Waals surface area contributed by atoms with Crippen LogP contribution in [0.2, 0.25) is 0 Å². The molecule has 0 heterocycles. The van der Waals surface area contributed by atoms with Gasteiger partial charge in [-0.15, -0.1) is 0 Å². The van der Waals surface area contributed by atoms with Gasteiger partial charge in [0, 0.05) is 18.2 Å². The number of hydrogen-bond donors (Lipinski definition) is 2. The summed E-state index contributed by atoms with van der Waals surface area (Å²) in [6, 6.07) is 4.55. The van der Waals surface area contributed by atoms with E-state index in [9.17, 15) is 8.42 Å². The number of aliphatic hydroxyl groups is 1. The highest BCUT2D eigenvalue weighted by atomic mass is 32.2. The first kappa shape index (κ1) is 16.7. The average Bonchev–Trinajstić information content (AvgIpc) is 2.36. The van der Waals surface area contributed by atoms with Crippen LogP contribution in [-0.4, -0.2) is 39.9 Å². The quantitative estimate of drug-likeness (QED) is 0.789.